The Bertz CT molecular complexity index is 1880. The van der Waals surface area contributed by atoms with Crippen LogP contribution in [0, 0.1) is 11.6 Å². The number of para-hydroxylation sites is 4. The number of aryl methyl sites for hydroxylation is 4. The fourth-order valence-electron chi connectivity index (χ4n) is 6.67. The predicted molar refractivity (Wildman–Crippen MR) is 161 cm³/mol. The molecule has 234 valence electrons. The standard InChI is InChI=1S/C36H24F8N2/c37-31-29(35(39,40)41)33(45-25-13-5-1-9-21(25)17-18-22-10-2-6-14-26(22)45)30(36(42,43)44)34(32(31)38)46-27-15-7-3-11-23(27)19-20-24-12-4-8-16-28(24)46/h1-16H,17-20H2. The largest absolute Gasteiger partial charge is 0.421 e. The Morgan fingerprint density at radius 1 is 0.391 bits per heavy atom. The number of nitrogens with zero attached hydrogens (tertiary/aromatic N) is 2. The van der Waals surface area contributed by atoms with Crippen LogP contribution in [0.4, 0.5) is 69.2 Å². The van der Waals surface area contributed by atoms with Gasteiger partial charge in [-0.2, -0.15) is 26.3 Å². The van der Waals surface area contributed by atoms with Gasteiger partial charge in [0.05, 0.1) is 11.4 Å². The Morgan fingerprint density at radius 2 is 0.696 bits per heavy atom. The van der Waals surface area contributed by atoms with E-state index in [1.165, 1.54) is 48.5 Å². The molecule has 0 fully saturated rings. The number of anilines is 6. The highest BCUT2D eigenvalue weighted by Gasteiger charge is 2.51. The summed E-state index contributed by atoms with van der Waals surface area (Å²) in [6.07, 6.45) is -9.97. The first kappa shape index (κ1) is 29.8. The Morgan fingerprint density at radius 3 is 1.02 bits per heavy atom. The van der Waals surface area contributed by atoms with Crippen LogP contribution in [0.1, 0.15) is 33.4 Å². The molecule has 2 nitrogen and oxygen atoms in total. The van der Waals surface area contributed by atoms with Crippen LogP contribution in [0.25, 0.3) is 0 Å². The summed E-state index contributed by atoms with van der Waals surface area (Å²) in [5.74, 6) is -4.66. The lowest BCUT2D eigenvalue weighted by Crippen LogP contribution is -2.28. The zero-order valence-electron chi connectivity index (χ0n) is 24.0. The van der Waals surface area contributed by atoms with Crippen LogP contribution in [0.5, 0.6) is 0 Å². The van der Waals surface area contributed by atoms with Crippen molar-refractivity contribution < 1.29 is 35.1 Å². The SMILES string of the molecule is Fc1c(F)c(C(F)(F)F)c(N2c3ccccc3CCc3ccccc32)c(C(F)(F)F)c1N1c2ccccc2CCc2ccccc21. The van der Waals surface area contributed by atoms with E-state index in [0.29, 0.717) is 47.9 Å². The quantitative estimate of drug-likeness (QED) is 0.178. The molecule has 5 aromatic carbocycles. The number of rotatable bonds is 2. The molecule has 0 atom stereocenters. The molecule has 7 rings (SSSR count). The first-order chi connectivity index (χ1) is 22.0. The van der Waals surface area contributed by atoms with Gasteiger partial charge in [-0.1, -0.05) is 72.8 Å². The number of benzene rings is 5. The molecule has 0 saturated heterocycles. The van der Waals surface area contributed by atoms with Crippen molar-refractivity contribution in [2.24, 2.45) is 0 Å². The smallest absolute Gasteiger partial charge is 0.309 e. The lowest BCUT2D eigenvalue weighted by Gasteiger charge is -2.36. The first-order valence-corrected chi connectivity index (χ1v) is 14.6. The van der Waals surface area contributed by atoms with Crippen LogP contribution in [0.15, 0.2) is 97.1 Å². The van der Waals surface area contributed by atoms with Crippen LogP contribution in [0.3, 0.4) is 0 Å². The van der Waals surface area contributed by atoms with Gasteiger partial charge in [0, 0.05) is 22.7 Å². The number of fused-ring (bicyclic) bond motifs is 4. The topological polar surface area (TPSA) is 6.48 Å². The second-order valence-corrected chi connectivity index (χ2v) is 11.3. The van der Waals surface area contributed by atoms with Crippen molar-refractivity contribution in [3.05, 3.63) is 142 Å². The van der Waals surface area contributed by atoms with Gasteiger partial charge in [0.25, 0.3) is 0 Å². The van der Waals surface area contributed by atoms with E-state index in [-0.39, 0.29) is 22.7 Å². The number of hydrogen-bond acceptors (Lipinski definition) is 2. The Hall–Kier alpha value is -4.86. The number of alkyl halides is 6. The molecular formula is C36H24F8N2. The third-order valence-electron chi connectivity index (χ3n) is 8.60. The second-order valence-electron chi connectivity index (χ2n) is 11.3. The summed E-state index contributed by atoms with van der Waals surface area (Å²) in [5, 5.41) is 0. The van der Waals surface area contributed by atoms with Crippen molar-refractivity contribution in [1.82, 2.24) is 0 Å². The molecular weight excluding hydrogens is 612 g/mol. The maximum atomic E-state index is 16.5. The summed E-state index contributed by atoms with van der Waals surface area (Å²) in [6.45, 7) is 0. The molecule has 0 unspecified atom stereocenters. The van der Waals surface area contributed by atoms with Crippen LogP contribution in [-0.2, 0) is 38.0 Å². The van der Waals surface area contributed by atoms with Gasteiger partial charge in [0.15, 0.2) is 11.6 Å². The highest BCUT2D eigenvalue weighted by Crippen LogP contribution is 2.58. The van der Waals surface area contributed by atoms with Crippen LogP contribution in [0.2, 0.25) is 0 Å². The van der Waals surface area contributed by atoms with Gasteiger partial charge in [0.2, 0.25) is 0 Å². The van der Waals surface area contributed by atoms with Crippen molar-refractivity contribution in [2.45, 2.75) is 38.0 Å². The van der Waals surface area contributed by atoms with Crippen molar-refractivity contribution in [2.75, 3.05) is 9.80 Å². The van der Waals surface area contributed by atoms with Gasteiger partial charge >= 0.3 is 12.4 Å². The number of halogens is 8. The summed E-state index contributed by atoms with van der Waals surface area (Å²) in [6, 6.07) is 24.9. The highest BCUT2D eigenvalue weighted by molar-refractivity contribution is 5.92. The molecule has 0 radical (unpaired) electrons. The van der Waals surface area contributed by atoms with Gasteiger partial charge in [-0.05, 0) is 72.2 Å². The van der Waals surface area contributed by atoms with Crippen molar-refractivity contribution >= 4 is 34.1 Å². The molecule has 0 aliphatic carbocycles. The minimum atomic E-state index is -5.70. The molecule has 5 aromatic rings. The van der Waals surface area contributed by atoms with E-state index in [1.54, 1.807) is 48.5 Å². The van der Waals surface area contributed by atoms with E-state index >= 15 is 22.0 Å². The zero-order valence-corrected chi connectivity index (χ0v) is 24.0. The molecule has 0 spiro atoms. The minimum Gasteiger partial charge on any atom is -0.309 e. The van der Waals surface area contributed by atoms with Crippen molar-refractivity contribution in [3.8, 4) is 0 Å². The predicted octanol–water partition coefficient (Wildman–Crippen LogP) is 11.1. The fraction of sp³-hybridized carbons (Fsp3) is 0.167. The van der Waals surface area contributed by atoms with Gasteiger partial charge in [-0.15, -0.1) is 0 Å². The first-order valence-electron chi connectivity index (χ1n) is 14.6. The van der Waals surface area contributed by atoms with Crippen molar-refractivity contribution in [1.29, 1.82) is 0 Å². The summed E-state index contributed by atoms with van der Waals surface area (Å²) >= 11 is 0. The lowest BCUT2D eigenvalue weighted by atomic mass is 9.96. The monoisotopic (exact) mass is 636 g/mol. The van der Waals surface area contributed by atoms with Gasteiger partial charge < -0.3 is 9.80 Å². The molecule has 2 aliphatic heterocycles. The number of hydrogen-bond donors (Lipinski definition) is 0. The van der Waals surface area contributed by atoms with Gasteiger partial charge in [-0.3, -0.25) is 0 Å². The summed E-state index contributed by atoms with van der Waals surface area (Å²) in [4.78, 5) is 1.74. The molecule has 2 aliphatic rings. The van der Waals surface area contributed by atoms with E-state index in [9.17, 15) is 13.2 Å². The molecule has 46 heavy (non-hydrogen) atoms. The van der Waals surface area contributed by atoms with E-state index in [4.69, 9.17) is 0 Å². The molecule has 0 aromatic heterocycles. The minimum absolute atomic E-state index is 0.0112. The van der Waals surface area contributed by atoms with Crippen LogP contribution < -0.4 is 9.80 Å². The van der Waals surface area contributed by atoms with Gasteiger partial charge in [0.1, 0.15) is 11.1 Å². The fourth-order valence-corrected chi connectivity index (χ4v) is 6.67. The second kappa shape index (κ2) is 10.9. The molecule has 0 N–H and O–H groups in total. The van der Waals surface area contributed by atoms with Crippen molar-refractivity contribution in [3.63, 3.8) is 0 Å². The molecule has 0 bridgehead atoms. The summed E-state index contributed by atoms with van der Waals surface area (Å²) in [7, 11) is 0. The summed E-state index contributed by atoms with van der Waals surface area (Å²) < 4.78 is 125. The normalized spacial score (nSPS) is 14.5. The Labute approximate surface area is 259 Å². The lowest BCUT2D eigenvalue weighted by molar-refractivity contribution is -0.143. The van der Waals surface area contributed by atoms with E-state index in [1.807, 2.05) is 0 Å². The van der Waals surface area contributed by atoms with Crippen LogP contribution in [-0.4, -0.2) is 0 Å². The Balaban J connectivity index is 1.70. The molecule has 10 heteroatoms. The van der Waals surface area contributed by atoms with E-state index in [2.05, 4.69) is 0 Å². The van der Waals surface area contributed by atoms with Crippen LogP contribution >= 0.6 is 0 Å². The maximum absolute atomic E-state index is 16.5. The average molecular weight is 637 g/mol. The highest BCUT2D eigenvalue weighted by atomic mass is 19.4. The maximum Gasteiger partial charge on any atom is 0.421 e. The molecule has 2 heterocycles. The third-order valence-corrected chi connectivity index (χ3v) is 8.60. The third kappa shape index (κ3) is 4.78. The van der Waals surface area contributed by atoms with Gasteiger partial charge in [-0.25, -0.2) is 8.78 Å². The molecule has 0 saturated carbocycles. The van der Waals surface area contributed by atoms with E-state index in [0.717, 1.165) is 9.80 Å². The summed E-state index contributed by atoms with van der Waals surface area (Å²) in [5.41, 5.74) is -4.92. The average Bonchev–Trinajstić information content (AvgIpc) is 3.29. The Kier molecular flexibility index (Phi) is 7.06. The van der Waals surface area contributed by atoms with E-state index < -0.39 is 46.5 Å². The molecule has 0 amide bonds. The zero-order chi connectivity index (χ0) is 32.4.